The van der Waals surface area contributed by atoms with Crippen LogP contribution in [0.15, 0.2) is 37.6 Å². The maximum Gasteiger partial charge on any atom is 0.244 e. The van der Waals surface area contributed by atoms with Gasteiger partial charge in [-0.1, -0.05) is 6.07 Å². The van der Waals surface area contributed by atoms with Gasteiger partial charge >= 0.3 is 0 Å². The lowest BCUT2D eigenvalue weighted by Gasteiger charge is -2.03. The summed E-state index contributed by atoms with van der Waals surface area (Å²) < 4.78 is 32.5. The molecule has 5 nitrogen and oxygen atoms in total. The number of sulfonamides is 1. The van der Waals surface area contributed by atoms with Gasteiger partial charge in [-0.3, -0.25) is 0 Å². The first kappa shape index (κ1) is 15.7. The van der Waals surface area contributed by atoms with Crippen LogP contribution in [0.3, 0.4) is 0 Å². The van der Waals surface area contributed by atoms with Crippen molar-refractivity contribution in [3.8, 4) is 0 Å². The van der Waals surface area contributed by atoms with Crippen molar-refractivity contribution in [2.45, 2.75) is 17.9 Å². The van der Waals surface area contributed by atoms with Gasteiger partial charge < -0.3 is 9.73 Å². The molecule has 2 aromatic heterocycles. The van der Waals surface area contributed by atoms with Crippen LogP contribution in [-0.2, 0) is 23.0 Å². The third-order valence-electron chi connectivity index (χ3n) is 2.59. The van der Waals surface area contributed by atoms with Crippen molar-refractivity contribution >= 4 is 37.3 Å². The zero-order valence-corrected chi connectivity index (χ0v) is 14.1. The van der Waals surface area contributed by atoms with E-state index in [1.54, 1.807) is 18.4 Å². The van der Waals surface area contributed by atoms with Crippen molar-refractivity contribution in [1.29, 1.82) is 0 Å². The zero-order valence-electron chi connectivity index (χ0n) is 10.8. The van der Waals surface area contributed by atoms with Crippen LogP contribution in [-0.4, -0.2) is 22.0 Å². The molecule has 110 valence electrons. The quantitative estimate of drug-likeness (QED) is 0.775. The number of furan rings is 1. The molecule has 20 heavy (non-hydrogen) atoms. The minimum absolute atomic E-state index is 0.133. The molecule has 0 fully saturated rings. The van der Waals surface area contributed by atoms with Gasteiger partial charge in [0, 0.05) is 17.5 Å². The van der Waals surface area contributed by atoms with E-state index in [0.29, 0.717) is 25.3 Å². The first-order chi connectivity index (χ1) is 9.53. The highest BCUT2D eigenvalue weighted by Gasteiger charge is 2.21. The number of nitrogens with one attached hydrogen (secondary N) is 2. The molecule has 0 aromatic carbocycles. The zero-order chi connectivity index (χ0) is 14.6. The Morgan fingerprint density at radius 1 is 1.45 bits per heavy atom. The minimum Gasteiger partial charge on any atom is -0.452 e. The molecule has 0 aliphatic carbocycles. The summed E-state index contributed by atoms with van der Waals surface area (Å²) in [4.78, 5) is 1.28. The average Bonchev–Trinajstić information content (AvgIpc) is 2.99. The summed E-state index contributed by atoms with van der Waals surface area (Å²) in [6, 6.07) is 5.46. The Hall–Kier alpha value is -0.670. The van der Waals surface area contributed by atoms with Crippen LogP contribution in [0.4, 0.5) is 0 Å². The predicted molar refractivity (Wildman–Crippen MR) is 82.4 cm³/mol. The van der Waals surface area contributed by atoms with Crippen LogP contribution in [0.1, 0.15) is 10.6 Å². The second-order valence-corrected chi connectivity index (χ2v) is 7.60. The number of thiophene rings is 1. The van der Waals surface area contributed by atoms with Crippen LogP contribution >= 0.6 is 27.3 Å². The summed E-state index contributed by atoms with van der Waals surface area (Å²) in [5, 5.41) is 4.88. The topological polar surface area (TPSA) is 71.3 Å². The maximum atomic E-state index is 12.2. The van der Waals surface area contributed by atoms with E-state index in [4.69, 9.17) is 4.42 Å². The molecule has 2 N–H and O–H groups in total. The summed E-state index contributed by atoms with van der Waals surface area (Å²) in [5.74, 6) is 0.568. The molecule has 0 amide bonds. The Labute approximate surface area is 130 Å². The lowest BCUT2D eigenvalue weighted by Crippen LogP contribution is -2.25. The molecule has 0 aliphatic heterocycles. The van der Waals surface area contributed by atoms with Crippen LogP contribution < -0.4 is 10.0 Å². The Morgan fingerprint density at radius 2 is 2.25 bits per heavy atom. The fraction of sp³-hybridized carbons (Fsp3) is 0.333. The molecule has 0 saturated carbocycles. The van der Waals surface area contributed by atoms with E-state index in [1.807, 2.05) is 17.5 Å². The summed E-state index contributed by atoms with van der Waals surface area (Å²) in [6.45, 7) is 0.838. The standard InChI is InChI=1S/C12H15BrN2O3S2/c1-14-8-9-7-11(12(13)18-9)20(16,17)15-5-4-10-3-2-6-19-10/h2-3,6-7,14-15H,4-5,8H2,1H3. The second kappa shape index (κ2) is 6.86. The Morgan fingerprint density at radius 3 is 2.90 bits per heavy atom. The van der Waals surface area contributed by atoms with E-state index >= 15 is 0 Å². The van der Waals surface area contributed by atoms with Crippen molar-refractivity contribution in [2.24, 2.45) is 0 Å². The fourth-order valence-electron chi connectivity index (χ4n) is 1.68. The first-order valence-corrected chi connectivity index (χ1v) is 9.13. The predicted octanol–water partition coefficient (Wildman–Crippen LogP) is 2.34. The Kier molecular flexibility index (Phi) is 5.39. The van der Waals surface area contributed by atoms with E-state index < -0.39 is 10.0 Å². The highest BCUT2D eigenvalue weighted by Crippen LogP contribution is 2.26. The van der Waals surface area contributed by atoms with Crippen LogP contribution in [0.25, 0.3) is 0 Å². The van der Waals surface area contributed by atoms with Gasteiger partial charge in [0.25, 0.3) is 0 Å². The molecular formula is C12H15BrN2O3S2. The lowest BCUT2D eigenvalue weighted by atomic mass is 10.3. The first-order valence-electron chi connectivity index (χ1n) is 5.98. The molecule has 0 spiro atoms. The molecule has 8 heteroatoms. The summed E-state index contributed by atoms with van der Waals surface area (Å²) in [5.41, 5.74) is 0. The summed E-state index contributed by atoms with van der Waals surface area (Å²) in [7, 11) is -1.79. The van der Waals surface area contributed by atoms with Gasteiger partial charge in [-0.25, -0.2) is 13.1 Å². The molecule has 0 atom stereocenters. The number of hydrogen-bond acceptors (Lipinski definition) is 5. The molecule has 0 aliphatic rings. The van der Waals surface area contributed by atoms with Gasteiger partial charge in [-0.2, -0.15) is 0 Å². The smallest absolute Gasteiger partial charge is 0.244 e. The van der Waals surface area contributed by atoms with Crippen molar-refractivity contribution in [3.63, 3.8) is 0 Å². The monoisotopic (exact) mass is 378 g/mol. The van der Waals surface area contributed by atoms with Gasteiger partial charge in [0.15, 0.2) is 4.67 Å². The van der Waals surface area contributed by atoms with Crippen molar-refractivity contribution < 1.29 is 12.8 Å². The van der Waals surface area contributed by atoms with Crippen molar-refractivity contribution in [1.82, 2.24) is 10.0 Å². The van der Waals surface area contributed by atoms with Crippen molar-refractivity contribution in [2.75, 3.05) is 13.6 Å². The average molecular weight is 379 g/mol. The molecule has 0 radical (unpaired) electrons. The van der Waals surface area contributed by atoms with E-state index in [9.17, 15) is 8.42 Å². The fourth-order valence-corrected chi connectivity index (χ4v) is 4.42. The normalized spacial score (nSPS) is 11.9. The number of halogens is 1. The van der Waals surface area contributed by atoms with Gasteiger partial charge in [0.2, 0.25) is 10.0 Å². The SMILES string of the molecule is CNCc1cc(S(=O)(=O)NCCc2cccs2)c(Br)o1. The van der Waals surface area contributed by atoms with E-state index in [2.05, 4.69) is 26.0 Å². The lowest BCUT2D eigenvalue weighted by molar-refractivity contribution is 0.470. The second-order valence-electron chi connectivity index (χ2n) is 4.11. The molecule has 0 unspecified atom stereocenters. The third kappa shape index (κ3) is 3.92. The maximum absolute atomic E-state index is 12.2. The Bertz CT molecular complexity index is 650. The van der Waals surface area contributed by atoms with Crippen molar-refractivity contribution in [3.05, 3.63) is 38.9 Å². The van der Waals surface area contributed by atoms with Crippen LogP contribution in [0.2, 0.25) is 0 Å². The van der Waals surface area contributed by atoms with Gasteiger partial charge in [0.05, 0.1) is 6.54 Å². The summed E-state index contributed by atoms with van der Waals surface area (Å²) >= 11 is 4.75. The largest absolute Gasteiger partial charge is 0.452 e. The van der Waals surface area contributed by atoms with E-state index in [0.717, 1.165) is 4.88 Å². The van der Waals surface area contributed by atoms with Crippen LogP contribution in [0, 0.1) is 0 Å². The Balaban J connectivity index is 2.02. The third-order valence-corrected chi connectivity index (χ3v) is 5.84. The number of rotatable bonds is 7. The highest BCUT2D eigenvalue weighted by molar-refractivity contribution is 9.10. The van der Waals surface area contributed by atoms with E-state index in [-0.39, 0.29) is 9.56 Å². The molecule has 0 saturated heterocycles. The van der Waals surface area contributed by atoms with Gasteiger partial charge in [-0.15, -0.1) is 11.3 Å². The molecule has 2 heterocycles. The minimum atomic E-state index is -3.56. The van der Waals surface area contributed by atoms with Gasteiger partial charge in [0.1, 0.15) is 10.7 Å². The molecule has 2 rings (SSSR count). The number of hydrogen-bond donors (Lipinski definition) is 2. The highest BCUT2D eigenvalue weighted by atomic mass is 79.9. The molecule has 2 aromatic rings. The summed E-state index contributed by atoms with van der Waals surface area (Å²) in [6.07, 6.45) is 0.676. The molecule has 0 bridgehead atoms. The van der Waals surface area contributed by atoms with E-state index in [1.165, 1.54) is 6.07 Å². The van der Waals surface area contributed by atoms with Gasteiger partial charge in [-0.05, 0) is 40.8 Å². The molecular weight excluding hydrogens is 364 g/mol. The van der Waals surface area contributed by atoms with Crippen LogP contribution in [0.5, 0.6) is 0 Å².